The predicted molar refractivity (Wildman–Crippen MR) is 142 cm³/mol. The van der Waals surface area contributed by atoms with Crippen molar-refractivity contribution in [1.29, 1.82) is 0 Å². The lowest BCUT2D eigenvalue weighted by atomic mass is 9.41. The molecule has 1 aromatic rings. The van der Waals surface area contributed by atoms with Gasteiger partial charge in [0.25, 0.3) is 0 Å². The van der Waals surface area contributed by atoms with Gasteiger partial charge in [0, 0.05) is 12.4 Å². The highest BCUT2D eigenvalue weighted by molar-refractivity contribution is 5.69. The molecule has 0 spiro atoms. The summed E-state index contributed by atoms with van der Waals surface area (Å²) in [4.78, 5) is 16.0. The van der Waals surface area contributed by atoms with E-state index in [2.05, 4.69) is 39.6 Å². The van der Waals surface area contributed by atoms with E-state index in [4.69, 9.17) is 4.74 Å². The van der Waals surface area contributed by atoms with Gasteiger partial charge in [0.2, 0.25) is 0 Å². The van der Waals surface area contributed by atoms with Crippen molar-refractivity contribution in [2.24, 2.45) is 58.2 Å². The van der Waals surface area contributed by atoms with E-state index in [1.807, 2.05) is 0 Å². The van der Waals surface area contributed by atoms with Crippen LogP contribution in [0.25, 0.3) is 0 Å². The van der Waals surface area contributed by atoms with Crippen LogP contribution < -0.4 is 0 Å². The van der Waals surface area contributed by atoms with Gasteiger partial charge in [-0.05, 0) is 110 Å². The number of imidazole rings is 1. The summed E-state index contributed by atoms with van der Waals surface area (Å²) in [6.07, 6.45) is 16.6. The van der Waals surface area contributed by atoms with E-state index in [1.54, 1.807) is 12.4 Å². The number of aliphatic hydroxyl groups is 1. The van der Waals surface area contributed by atoms with Gasteiger partial charge in [0.05, 0.1) is 12.7 Å². The summed E-state index contributed by atoms with van der Waals surface area (Å²) >= 11 is 0. The van der Waals surface area contributed by atoms with Crippen molar-refractivity contribution >= 4 is 6.09 Å². The number of ether oxygens (including phenoxy) is 1. The summed E-state index contributed by atoms with van der Waals surface area (Å²) < 4.78 is 6.85. The third kappa shape index (κ3) is 4.25. The molecule has 0 aromatic carbocycles. The third-order valence-corrected chi connectivity index (χ3v) is 12.2. The van der Waals surface area contributed by atoms with Crippen LogP contribution in [0.3, 0.4) is 0 Å². The zero-order valence-corrected chi connectivity index (χ0v) is 23.4. The number of hydrogen-bond donors (Lipinski definition) is 1. The Bertz CT molecular complexity index is 902. The zero-order chi connectivity index (χ0) is 25.7. The van der Waals surface area contributed by atoms with Crippen LogP contribution in [0.2, 0.25) is 0 Å². The van der Waals surface area contributed by atoms with Crippen molar-refractivity contribution in [2.45, 2.75) is 105 Å². The molecule has 0 bridgehead atoms. The number of carbonyl (C=O) groups is 1. The van der Waals surface area contributed by atoms with Gasteiger partial charge in [0.1, 0.15) is 6.33 Å². The van der Waals surface area contributed by atoms with Crippen molar-refractivity contribution in [3.8, 4) is 0 Å². The second-order valence-electron chi connectivity index (χ2n) is 13.8. The van der Waals surface area contributed by atoms with Gasteiger partial charge in [-0.2, -0.15) is 0 Å². The highest BCUT2D eigenvalue weighted by Crippen LogP contribution is 2.69. The van der Waals surface area contributed by atoms with Crippen LogP contribution in [-0.2, 0) is 4.74 Å². The summed E-state index contributed by atoms with van der Waals surface area (Å²) in [5.41, 5.74) is 0.750. The maximum Gasteiger partial charge on any atom is 0.419 e. The van der Waals surface area contributed by atoms with E-state index in [1.165, 1.54) is 55.8 Å². The van der Waals surface area contributed by atoms with Gasteiger partial charge in [-0.15, -0.1) is 0 Å². The van der Waals surface area contributed by atoms with Crippen LogP contribution in [-0.4, -0.2) is 33.5 Å². The molecule has 1 heterocycles. The minimum atomic E-state index is -0.341. The quantitative estimate of drug-likeness (QED) is 0.422. The van der Waals surface area contributed by atoms with E-state index < -0.39 is 0 Å². The molecule has 4 fully saturated rings. The Labute approximate surface area is 218 Å². The van der Waals surface area contributed by atoms with Crippen LogP contribution in [0.5, 0.6) is 0 Å². The van der Waals surface area contributed by atoms with E-state index in [-0.39, 0.29) is 12.2 Å². The Kier molecular flexibility index (Phi) is 7.35. The van der Waals surface area contributed by atoms with Gasteiger partial charge in [-0.3, -0.25) is 0 Å². The number of aliphatic hydroxyl groups excluding tert-OH is 1. The van der Waals surface area contributed by atoms with Crippen LogP contribution in [0.15, 0.2) is 18.7 Å². The summed E-state index contributed by atoms with van der Waals surface area (Å²) in [5, 5.41) is 11.9. The first-order valence-electron chi connectivity index (χ1n) is 15.0. The fourth-order valence-corrected chi connectivity index (χ4v) is 10.4. The minimum Gasteiger partial charge on any atom is -0.449 e. The van der Waals surface area contributed by atoms with Gasteiger partial charge in [0.15, 0.2) is 0 Å². The Hall–Kier alpha value is -1.36. The Morgan fingerprint density at radius 1 is 1.14 bits per heavy atom. The zero-order valence-electron chi connectivity index (χ0n) is 23.4. The number of nitrogens with zero attached hydrogens (tertiary/aromatic N) is 2. The SMILES string of the molecule is CC[C@H]1[C@@H](O)[C@@H]2[C@H](CC[C@]3(C)[C@@H]([C@H](C)CCCOC(=O)n4ccnc4)CC[C@@H]23)[C@@]2(C)CC[C@@H](C)C[C@@H]12. The lowest BCUT2D eigenvalue weighted by Gasteiger charge is -2.65. The molecule has 202 valence electrons. The van der Waals surface area contributed by atoms with Crippen molar-refractivity contribution < 1.29 is 14.6 Å². The largest absolute Gasteiger partial charge is 0.449 e. The molecule has 0 saturated heterocycles. The van der Waals surface area contributed by atoms with Gasteiger partial charge < -0.3 is 9.84 Å². The number of aromatic nitrogens is 2. The number of fused-ring (bicyclic) bond motifs is 5. The smallest absolute Gasteiger partial charge is 0.419 e. The number of hydrogen-bond acceptors (Lipinski definition) is 4. The molecule has 36 heavy (non-hydrogen) atoms. The molecular formula is C31H50N2O3. The lowest BCUT2D eigenvalue weighted by Crippen LogP contribution is -2.61. The van der Waals surface area contributed by atoms with E-state index >= 15 is 0 Å². The van der Waals surface area contributed by atoms with Gasteiger partial charge >= 0.3 is 6.09 Å². The minimum absolute atomic E-state index is 0.121. The average Bonchev–Trinajstić information content (AvgIpc) is 3.51. The topological polar surface area (TPSA) is 64.3 Å². The standard InChI is InChI=1S/C31H50N2O3/c1-6-22-26-18-20(2)11-13-31(26,5)25-12-14-30(4)23(9-10-24(30)27(25)28(22)34)21(3)8-7-17-36-29(35)33-16-15-32-19-33/h15-16,19-28,34H,6-14,17-18H2,1-5H3/t20-,21-,22-,23-,24+,25+,26+,27+,28-,30-,31-/m1/s1. The molecule has 5 nitrogen and oxygen atoms in total. The van der Waals surface area contributed by atoms with Crippen molar-refractivity contribution in [1.82, 2.24) is 9.55 Å². The van der Waals surface area contributed by atoms with Crippen LogP contribution in [0.1, 0.15) is 98.8 Å². The molecule has 5 rings (SSSR count). The molecule has 4 aliphatic rings. The maximum atomic E-state index is 12.1. The first-order valence-corrected chi connectivity index (χ1v) is 15.0. The molecule has 4 saturated carbocycles. The van der Waals surface area contributed by atoms with Crippen molar-refractivity contribution in [3.05, 3.63) is 18.7 Å². The van der Waals surface area contributed by atoms with Crippen LogP contribution in [0.4, 0.5) is 4.79 Å². The fourth-order valence-electron chi connectivity index (χ4n) is 10.4. The molecule has 0 amide bonds. The third-order valence-electron chi connectivity index (χ3n) is 12.2. The number of rotatable bonds is 6. The van der Waals surface area contributed by atoms with Crippen molar-refractivity contribution in [3.63, 3.8) is 0 Å². The van der Waals surface area contributed by atoms with Crippen molar-refractivity contribution in [2.75, 3.05) is 6.61 Å². The van der Waals surface area contributed by atoms with E-state index in [0.717, 1.165) is 25.2 Å². The Balaban J connectivity index is 1.25. The molecule has 0 aliphatic heterocycles. The Morgan fingerprint density at radius 2 is 1.89 bits per heavy atom. The summed E-state index contributed by atoms with van der Waals surface area (Å²) in [6, 6.07) is 0. The normalized spacial score (nSPS) is 44.8. The van der Waals surface area contributed by atoms with Crippen LogP contribution in [0, 0.1) is 58.2 Å². The fraction of sp³-hybridized carbons (Fsp3) is 0.871. The summed E-state index contributed by atoms with van der Waals surface area (Å²) in [7, 11) is 0. The Morgan fingerprint density at radius 3 is 2.61 bits per heavy atom. The predicted octanol–water partition coefficient (Wildman–Crippen LogP) is 7.19. The second-order valence-corrected chi connectivity index (χ2v) is 13.8. The molecule has 5 heteroatoms. The second kappa shape index (κ2) is 10.1. The van der Waals surface area contributed by atoms with E-state index in [9.17, 15) is 9.90 Å². The average molecular weight is 499 g/mol. The molecule has 11 atom stereocenters. The molecular weight excluding hydrogens is 448 g/mol. The highest BCUT2D eigenvalue weighted by atomic mass is 16.5. The molecule has 1 N–H and O–H groups in total. The summed E-state index contributed by atoms with van der Waals surface area (Å²) in [6.45, 7) is 12.9. The first kappa shape index (κ1) is 26.3. The maximum absolute atomic E-state index is 12.1. The van der Waals surface area contributed by atoms with E-state index in [0.29, 0.717) is 58.9 Å². The molecule has 4 aliphatic carbocycles. The molecule has 0 unspecified atom stereocenters. The van der Waals surface area contributed by atoms with Gasteiger partial charge in [-0.25, -0.2) is 14.3 Å². The monoisotopic (exact) mass is 498 g/mol. The number of carbonyl (C=O) groups excluding carboxylic acids is 1. The molecule has 1 aromatic heterocycles. The van der Waals surface area contributed by atoms with Crippen LogP contribution >= 0.6 is 0 Å². The molecule has 0 radical (unpaired) electrons. The van der Waals surface area contributed by atoms with Gasteiger partial charge in [-0.1, -0.05) is 47.5 Å². The summed E-state index contributed by atoms with van der Waals surface area (Å²) in [5.74, 6) is 5.15. The lowest BCUT2D eigenvalue weighted by molar-refractivity contribution is -0.198. The first-order chi connectivity index (χ1) is 17.2. The highest BCUT2D eigenvalue weighted by Gasteiger charge is 2.64.